The predicted octanol–water partition coefficient (Wildman–Crippen LogP) is 0.522. The van der Waals surface area contributed by atoms with E-state index in [9.17, 15) is 18.4 Å². The summed E-state index contributed by atoms with van der Waals surface area (Å²) in [4.78, 5) is 23.6. The van der Waals surface area contributed by atoms with Gasteiger partial charge in [-0.2, -0.15) is 0 Å². The molecule has 0 saturated carbocycles. The number of hydrogen-bond acceptors (Lipinski definition) is 3. The first-order valence-corrected chi connectivity index (χ1v) is 3.93. The molecule has 0 spiro atoms. The van der Waals surface area contributed by atoms with Gasteiger partial charge in [-0.15, -0.1) is 0 Å². The molecule has 0 bridgehead atoms. The quantitative estimate of drug-likeness (QED) is 0.689. The Labute approximate surface area is 82.5 Å². The summed E-state index contributed by atoms with van der Waals surface area (Å²) in [5.74, 6) is -1.37. The summed E-state index contributed by atoms with van der Waals surface area (Å²) in [6.45, 7) is 0. The molecular weight excluding hydrogens is 210 g/mol. The van der Waals surface area contributed by atoms with Crippen LogP contribution in [0.5, 0.6) is 0 Å². The Morgan fingerprint density at radius 2 is 2.20 bits per heavy atom. The molecule has 82 valence electrons. The maximum absolute atomic E-state index is 12.5. The monoisotopic (exact) mass is 218 g/mol. The number of H-pyrrole nitrogens is 1. The maximum atomic E-state index is 12.5. The van der Waals surface area contributed by atoms with Gasteiger partial charge >= 0.3 is 5.97 Å². The molecule has 1 aromatic rings. The van der Waals surface area contributed by atoms with Crippen LogP contribution in [0.2, 0.25) is 0 Å². The molecule has 7 heteroatoms. The van der Waals surface area contributed by atoms with Crippen LogP contribution in [0.1, 0.15) is 17.6 Å². The molecule has 0 aromatic carbocycles. The first kappa shape index (κ1) is 11.2. The van der Waals surface area contributed by atoms with Gasteiger partial charge in [0.05, 0.1) is 17.7 Å². The molecule has 1 heterocycles. The Kier molecular flexibility index (Phi) is 3.03. The van der Waals surface area contributed by atoms with Crippen LogP contribution in [0.25, 0.3) is 0 Å². The minimum atomic E-state index is -2.97. The number of pyridine rings is 1. The van der Waals surface area contributed by atoms with Crippen molar-refractivity contribution in [1.82, 2.24) is 4.98 Å². The molecular formula is C8H8F2N2O3. The van der Waals surface area contributed by atoms with Gasteiger partial charge in [-0.25, -0.2) is 8.78 Å². The average molecular weight is 218 g/mol. The maximum Gasteiger partial charge on any atom is 0.308 e. The van der Waals surface area contributed by atoms with Gasteiger partial charge in [0, 0.05) is 11.8 Å². The molecule has 0 aliphatic carbocycles. The van der Waals surface area contributed by atoms with Crippen molar-refractivity contribution in [2.45, 2.75) is 12.8 Å². The molecule has 0 atom stereocenters. The van der Waals surface area contributed by atoms with E-state index in [1.54, 1.807) is 0 Å². The molecule has 5 nitrogen and oxygen atoms in total. The highest BCUT2D eigenvalue weighted by Gasteiger charge is 2.21. The van der Waals surface area contributed by atoms with Gasteiger partial charge in [-0.05, 0) is 0 Å². The van der Waals surface area contributed by atoms with Crippen LogP contribution in [-0.2, 0) is 11.2 Å². The lowest BCUT2D eigenvalue weighted by atomic mass is 10.1. The van der Waals surface area contributed by atoms with E-state index in [0.29, 0.717) is 0 Å². The van der Waals surface area contributed by atoms with E-state index < -0.39 is 35.5 Å². The number of nitrogens with one attached hydrogen (secondary N) is 1. The Morgan fingerprint density at radius 3 is 2.67 bits per heavy atom. The molecule has 0 fully saturated rings. The van der Waals surface area contributed by atoms with Crippen LogP contribution in [0.3, 0.4) is 0 Å². The van der Waals surface area contributed by atoms with E-state index in [1.807, 2.05) is 0 Å². The number of nitrogen functional groups attached to an aromatic ring is 1. The fourth-order valence-corrected chi connectivity index (χ4v) is 1.19. The van der Waals surface area contributed by atoms with Gasteiger partial charge in [0.25, 0.3) is 12.0 Å². The van der Waals surface area contributed by atoms with Crippen molar-refractivity contribution in [3.8, 4) is 0 Å². The van der Waals surface area contributed by atoms with E-state index in [4.69, 9.17) is 10.8 Å². The van der Waals surface area contributed by atoms with Crippen molar-refractivity contribution in [1.29, 1.82) is 0 Å². The summed E-state index contributed by atoms with van der Waals surface area (Å²) in [7, 11) is 0. The Morgan fingerprint density at radius 1 is 1.60 bits per heavy atom. The van der Waals surface area contributed by atoms with Crippen LogP contribution in [-0.4, -0.2) is 16.1 Å². The van der Waals surface area contributed by atoms with Crippen molar-refractivity contribution < 1.29 is 18.7 Å². The first-order valence-electron chi connectivity index (χ1n) is 3.93. The van der Waals surface area contributed by atoms with Crippen LogP contribution in [0, 0.1) is 0 Å². The summed E-state index contributed by atoms with van der Waals surface area (Å²) in [5.41, 5.74) is 2.84. The van der Waals surface area contributed by atoms with Crippen molar-refractivity contribution in [3.63, 3.8) is 0 Å². The number of aliphatic carboxylic acids is 1. The van der Waals surface area contributed by atoms with Crippen molar-refractivity contribution in [2.24, 2.45) is 0 Å². The molecule has 0 radical (unpaired) electrons. The second-order valence-electron chi connectivity index (χ2n) is 2.84. The Bertz CT molecular complexity index is 442. The smallest absolute Gasteiger partial charge is 0.308 e. The number of alkyl halides is 2. The highest BCUT2D eigenvalue weighted by atomic mass is 19.3. The lowest BCUT2D eigenvalue weighted by Gasteiger charge is -2.08. The number of anilines is 1. The zero-order chi connectivity index (χ0) is 11.6. The summed E-state index contributed by atoms with van der Waals surface area (Å²) in [5, 5.41) is 8.45. The topological polar surface area (TPSA) is 96.2 Å². The number of carboxylic acid groups (broad SMARTS) is 1. The predicted molar refractivity (Wildman–Crippen MR) is 47.8 cm³/mol. The van der Waals surface area contributed by atoms with Crippen molar-refractivity contribution in [2.75, 3.05) is 5.73 Å². The molecule has 0 aliphatic rings. The minimum Gasteiger partial charge on any atom is -0.481 e. The number of rotatable bonds is 3. The minimum absolute atomic E-state index is 0.319. The van der Waals surface area contributed by atoms with E-state index in [-0.39, 0.29) is 5.69 Å². The second kappa shape index (κ2) is 4.07. The van der Waals surface area contributed by atoms with E-state index in [0.717, 1.165) is 6.20 Å². The second-order valence-corrected chi connectivity index (χ2v) is 2.84. The van der Waals surface area contributed by atoms with Gasteiger partial charge in [-0.3, -0.25) is 9.59 Å². The van der Waals surface area contributed by atoms with Gasteiger partial charge in [-0.1, -0.05) is 0 Å². The van der Waals surface area contributed by atoms with Crippen LogP contribution >= 0.6 is 0 Å². The highest BCUT2D eigenvalue weighted by molar-refractivity contribution is 5.71. The third-order valence-corrected chi connectivity index (χ3v) is 1.82. The highest BCUT2D eigenvalue weighted by Crippen LogP contribution is 2.26. The first-order chi connectivity index (χ1) is 6.93. The van der Waals surface area contributed by atoms with Crippen molar-refractivity contribution >= 4 is 11.7 Å². The number of halogens is 2. The summed E-state index contributed by atoms with van der Waals surface area (Å²) in [6.07, 6.45) is -2.82. The Hall–Kier alpha value is -1.92. The normalized spacial score (nSPS) is 10.6. The SMILES string of the molecule is Nc1c[nH]c(=O)c(CC(=O)O)c1C(F)F. The van der Waals surface area contributed by atoms with E-state index >= 15 is 0 Å². The molecule has 1 aromatic heterocycles. The largest absolute Gasteiger partial charge is 0.481 e. The zero-order valence-electron chi connectivity index (χ0n) is 7.46. The molecule has 1 rings (SSSR count). The number of hydrogen-bond donors (Lipinski definition) is 3. The van der Waals surface area contributed by atoms with Gasteiger partial charge in [0.2, 0.25) is 0 Å². The number of nitrogens with two attached hydrogens (primary N) is 1. The third-order valence-electron chi connectivity index (χ3n) is 1.82. The third kappa shape index (κ3) is 2.30. The number of carboxylic acids is 1. The van der Waals surface area contributed by atoms with Crippen LogP contribution < -0.4 is 11.3 Å². The average Bonchev–Trinajstić information content (AvgIpc) is 2.10. The molecule has 0 amide bonds. The summed E-state index contributed by atoms with van der Waals surface area (Å²) in [6, 6.07) is 0. The lowest BCUT2D eigenvalue weighted by molar-refractivity contribution is -0.136. The fourth-order valence-electron chi connectivity index (χ4n) is 1.19. The fraction of sp³-hybridized carbons (Fsp3) is 0.250. The van der Waals surface area contributed by atoms with Gasteiger partial charge in [0.15, 0.2) is 0 Å². The Balaban J connectivity index is 3.38. The van der Waals surface area contributed by atoms with E-state index in [2.05, 4.69) is 4.98 Å². The molecule has 0 saturated heterocycles. The summed E-state index contributed by atoms with van der Waals surface area (Å²) < 4.78 is 25.0. The van der Waals surface area contributed by atoms with Crippen molar-refractivity contribution in [3.05, 3.63) is 27.7 Å². The lowest BCUT2D eigenvalue weighted by Crippen LogP contribution is -2.20. The number of aromatic nitrogens is 1. The van der Waals surface area contributed by atoms with Crippen LogP contribution in [0.15, 0.2) is 11.0 Å². The number of carbonyl (C=O) groups is 1. The molecule has 0 aliphatic heterocycles. The summed E-state index contributed by atoms with van der Waals surface area (Å²) >= 11 is 0. The molecule has 0 unspecified atom stereocenters. The van der Waals surface area contributed by atoms with Gasteiger partial charge in [0.1, 0.15) is 0 Å². The zero-order valence-corrected chi connectivity index (χ0v) is 7.46. The number of aromatic amines is 1. The van der Waals surface area contributed by atoms with Crippen LogP contribution in [0.4, 0.5) is 14.5 Å². The standard InChI is InChI=1S/C8H8F2N2O3/c9-7(10)6-3(1-5(13)14)8(15)12-2-4(6)11/h2,7H,1,11H2,(H,12,15)(H,13,14). The molecule has 15 heavy (non-hydrogen) atoms. The van der Waals surface area contributed by atoms with E-state index in [1.165, 1.54) is 0 Å². The molecule has 4 N–H and O–H groups in total. The van der Waals surface area contributed by atoms with Gasteiger partial charge < -0.3 is 15.8 Å².